The molecule has 0 saturated heterocycles. The topological polar surface area (TPSA) is 89.5 Å². The van der Waals surface area contributed by atoms with Crippen LogP contribution in [0.2, 0.25) is 0 Å². The lowest BCUT2D eigenvalue weighted by molar-refractivity contribution is -0.137. The molecular weight excluding hydrogens is 248 g/mol. The van der Waals surface area contributed by atoms with Gasteiger partial charge in [0, 0.05) is 17.7 Å². The van der Waals surface area contributed by atoms with Gasteiger partial charge in [0.2, 0.25) is 0 Å². The number of carboxylic acids is 1. The lowest BCUT2D eigenvalue weighted by atomic mass is 10.2. The van der Waals surface area contributed by atoms with Crippen LogP contribution in [0, 0.1) is 6.92 Å². The number of carboxylic acid groups (broad SMARTS) is 1. The van der Waals surface area contributed by atoms with Crippen molar-refractivity contribution in [2.45, 2.75) is 40.2 Å². The minimum absolute atomic E-state index is 0.439. The Balaban J connectivity index is 2.83. The Bertz CT molecular complexity index is 699. The zero-order chi connectivity index (χ0) is 14.2. The molecule has 2 aromatic heterocycles. The first kappa shape index (κ1) is 13.3. The summed E-state index contributed by atoms with van der Waals surface area (Å²) in [5, 5.41) is 12.9. The Labute approximate surface area is 109 Å². The fourth-order valence-corrected chi connectivity index (χ4v) is 2.19. The lowest BCUT2D eigenvalue weighted by Gasteiger charge is -2.07. The van der Waals surface area contributed by atoms with Gasteiger partial charge in [-0.2, -0.15) is 0 Å². The molecule has 2 heterocycles. The zero-order valence-corrected chi connectivity index (χ0v) is 11.2. The Hall–Kier alpha value is -2.18. The Kier molecular flexibility index (Phi) is 3.37. The molecule has 0 aliphatic heterocycles. The van der Waals surface area contributed by atoms with E-state index < -0.39 is 18.2 Å². The standard InChI is InChI=1S/C12H16N4O3/c1-4-8-7(3)13-9(5-2)16-11(8)14-15(12(16)19)6-10(17)18/h4-6H2,1-3H3,(H,17,18). The summed E-state index contributed by atoms with van der Waals surface area (Å²) in [5.74, 6) is -0.488. The number of aliphatic carboxylic acids is 1. The summed E-state index contributed by atoms with van der Waals surface area (Å²) >= 11 is 0. The van der Waals surface area contributed by atoms with E-state index >= 15 is 0 Å². The normalized spacial score (nSPS) is 11.1. The van der Waals surface area contributed by atoms with E-state index in [1.165, 1.54) is 4.40 Å². The predicted octanol–water partition coefficient (Wildman–Crippen LogP) is 0.409. The fraction of sp³-hybridized carbons (Fsp3) is 0.500. The van der Waals surface area contributed by atoms with Gasteiger partial charge in [0.25, 0.3) is 0 Å². The van der Waals surface area contributed by atoms with Crippen LogP contribution in [0.25, 0.3) is 5.65 Å². The van der Waals surface area contributed by atoms with Crippen molar-refractivity contribution in [3.63, 3.8) is 0 Å². The molecule has 0 radical (unpaired) electrons. The third kappa shape index (κ3) is 2.11. The van der Waals surface area contributed by atoms with Gasteiger partial charge in [-0.1, -0.05) is 13.8 Å². The van der Waals surface area contributed by atoms with Gasteiger partial charge in [-0.05, 0) is 13.3 Å². The van der Waals surface area contributed by atoms with E-state index in [4.69, 9.17) is 5.11 Å². The summed E-state index contributed by atoms with van der Waals surface area (Å²) in [5.41, 5.74) is 1.77. The number of hydrogen-bond acceptors (Lipinski definition) is 4. The first-order valence-electron chi connectivity index (χ1n) is 6.19. The molecule has 0 aromatic carbocycles. The largest absolute Gasteiger partial charge is 0.480 e. The summed E-state index contributed by atoms with van der Waals surface area (Å²) in [7, 11) is 0. The number of carbonyl (C=O) groups is 1. The maximum atomic E-state index is 12.2. The van der Waals surface area contributed by atoms with Crippen LogP contribution >= 0.6 is 0 Å². The van der Waals surface area contributed by atoms with Crippen molar-refractivity contribution in [2.75, 3.05) is 0 Å². The lowest BCUT2D eigenvalue weighted by Crippen LogP contribution is -2.26. The first-order valence-corrected chi connectivity index (χ1v) is 6.19. The van der Waals surface area contributed by atoms with E-state index in [0.29, 0.717) is 24.3 Å². The minimum atomic E-state index is -1.09. The number of hydrogen-bond donors (Lipinski definition) is 1. The second-order valence-electron chi connectivity index (χ2n) is 4.29. The summed E-state index contributed by atoms with van der Waals surface area (Å²) < 4.78 is 2.38. The quantitative estimate of drug-likeness (QED) is 0.863. The van der Waals surface area contributed by atoms with E-state index in [-0.39, 0.29) is 0 Å². The number of aryl methyl sites for hydroxylation is 3. The van der Waals surface area contributed by atoms with Crippen molar-refractivity contribution >= 4 is 11.6 Å². The first-order chi connectivity index (χ1) is 8.99. The maximum absolute atomic E-state index is 12.2. The van der Waals surface area contributed by atoms with Gasteiger partial charge in [0.1, 0.15) is 12.4 Å². The Morgan fingerprint density at radius 2 is 2.00 bits per heavy atom. The van der Waals surface area contributed by atoms with Crippen molar-refractivity contribution in [1.82, 2.24) is 19.2 Å². The molecule has 0 fully saturated rings. The van der Waals surface area contributed by atoms with Crippen molar-refractivity contribution in [3.8, 4) is 0 Å². The average Bonchev–Trinajstić information content (AvgIpc) is 2.65. The highest BCUT2D eigenvalue weighted by atomic mass is 16.4. The fourth-order valence-electron chi connectivity index (χ4n) is 2.19. The van der Waals surface area contributed by atoms with E-state index in [1.807, 2.05) is 20.8 Å². The van der Waals surface area contributed by atoms with Gasteiger partial charge in [0.05, 0.1) is 0 Å². The summed E-state index contributed by atoms with van der Waals surface area (Å²) in [6.45, 7) is 5.29. The van der Waals surface area contributed by atoms with Crippen LogP contribution in [0.4, 0.5) is 0 Å². The third-order valence-corrected chi connectivity index (χ3v) is 3.06. The second kappa shape index (κ2) is 4.83. The van der Waals surface area contributed by atoms with E-state index in [0.717, 1.165) is 15.9 Å². The minimum Gasteiger partial charge on any atom is -0.480 e. The molecular formula is C12H16N4O3. The number of fused-ring (bicyclic) bond motifs is 1. The summed E-state index contributed by atoms with van der Waals surface area (Å²) in [6, 6.07) is 0. The van der Waals surface area contributed by atoms with Crippen molar-refractivity contribution in [3.05, 3.63) is 27.6 Å². The van der Waals surface area contributed by atoms with Crippen LogP contribution < -0.4 is 5.69 Å². The monoisotopic (exact) mass is 264 g/mol. The molecule has 0 bridgehead atoms. The maximum Gasteiger partial charge on any atom is 0.352 e. The second-order valence-corrected chi connectivity index (χ2v) is 4.29. The molecule has 0 amide bonds. The third-order valence-electron chi connectivity index (χ3n) is 3.06. The highest BCUT2D eigenvalue weighted by Crippen LogP contribution is 2.13. The molecule has 0 saturated carbocycles. The molecule has 0 aliphatic rings. The summed E-state index contributed by atoms with van der Waals surface area (Å²) in [6.07, 6.45) is 1.27. The molecule has 0 unspecified atom stereocenters. The van der Waals surface area contributed by atoms with Gasteiger partial charge in [-0.3, -0.25) is 4.79 Å². The SMILES string of the molecule is CCc1c(C)nc(CC)n2c(=O)n(CC(=O)O)nc12. The molecule has 2 aromatic rings. The summed E-state index contributed by atoms with van der Waals surface area (Å²) in [4.78, 5) is 27.3. The number of aromatic nitrogens is 4. The van der Waals surface area contributed by atoms with Crippen molar-refractivity contribution in [2.24, 2.45) is 0 Å². The van der Waals surface area contributed by atoms with Gasteiger partial charge < -0.3 is 5.11 Å². The molecule has 0 aliphatic carbocycles. The highest BCUT2D eigenvalue weighted by Gasteiger charge is 2.17. The molecule has 102 valence electrons. The van der Waals surface area contributed by atoms with Crippen LogP contribution in [0.3, 0.4) is 0 Å². The molecule has 2 rings (SSSR count). The van der Waals surface area contributed by atoms with Crippen LogP contribution in [0.15, 0.2) is 4.79 Å². The molecule has 0 spiro atoms. The van der Waals surface area contributed by atoms with Crippen LogP contribution in [0.5, 0.6) is 0 Å². The highest BCUT2D eigenvalue weighted by molar-refractivity contribution is 5.66. The van der Waals surface area contributed by atoms with Crippen LogP contribution in [0.1, 0.15) is 30.9 Å². The van der Waals surface area contributed by atoms with Gasteiger partial charge in [-0.25, -0.2) is 18.9 Å². The molecule has 7 nitrogen and oxygen atoms in total. The molecule has 19 heavy (non-hydrogen) atoms. The van der Waals surface area contributed by atoms with E-state index in [1.54, 1.807) is 0 Å². The van der Waals surface area contributed by atoms with Gasteiger partial charge >= 0.3 is 11.7 Å². The Morgan fingerprint density at radius 3 is 2.53 bits per heavy atom. The van der Waals surface area contributed by atoms with Gasteiger partial charge in [0.15, 0.2) is 5.65 Å². The zero-order valence-electron chi connectivity index (χ0n) is 11.2. The van der Waals surface area contributed by atoms with Crippen molar-refractivity contribution in [1.29, 1.82) is 0 Å². The molecule has 1 N–H and O–H groups in total. The van der Waals surface area contributed by atoms with Gasteiger partial charge in [-0.15, -0.1) is 5.10 Å². The number of rotatable bonds is 4. The van der Waals surface area contributed by atoms with E-state index in [9.17, 15) is 9.59 Å². The Morgan fingerprint density at radius 1 is 1.32 bits per heavy atom. The predicted molar refractivity (Wildman–Crippen MR) is 68.4 cm³/mol. The van der Waals surface area contributed by atoms with Crippen LogP contribution in [-0.2, 0) is 24.2 Å². The van der Waals surface area contributed by atoms with Crippen LogP contribution in [-0.4, -0.2) is 30.2 Å². The van der Waals surface area contributed by atoms with E-state index in [2.05, 4.69) is 10.1 Å². The average molecular weight is 264 g/mol. The molecule has 7 heteroatoms. The smallest absolute Gasteiger partial charge is 0.352 e. The number of nitrogens with zero attached hydrogens (tertiary/aromatic N) is 4. The molecule has 0 atom stereocenters. The van der Waals surface area contributed by atoms with Crippen molar-refractivity contribution < 1.29 is 9.90 Å².